The molecule has 0 aromatic carbocycles. The van der Waals surface area contributed by atoms with E-state index in [-0.39, 0.29) is 12.1 Å². The highest BCUT2D eigenvalue weighted by atomic mass is 16.5. The van der Waals surface area contributed by atoms with Gasteiger partial charge in [0.1, 0.15) is 6.10 Å². The third-order valence-electron chi connectivity index (χ3n) is 10.4. The van der Waals surface area contributed by atoms with Gasteiger partial charge in [-0.1, -0.05) is 60.0 Å². The molecular formula is C30H52O2. The van der Waals surface area contributed by atoms with Crippen LogP contribution in [-0.4, -0.2) is 12.1 Å². The highest BCUT2D eigenvalue weighted by Gasteiger charge is 2.57. The van der Waals surface area contributed by atoms with E-state index in [4.69, 9.17) is 4.74 Å². The topological polar surface area (TPSA) is 26.3 Å². The first-order chi connectivity index (χ1) is 15.1. The van der Waals surface area contributed by atoms with E-state index < -0.39 is 0 Å². The summed E-state index contributed by atoms with van der Waals surface area (Å²) in [4.78, 5) is 11.4. The molecule has 2 nitrogen and oxygen atoms in total. The zero-order valence-electron chi connectivity index (χ0n) is 22.1. The maximum atomic E-state index is 11.4. The van der Waals surface area contributed by atoms with Crippen molar-refractivity contribution in [2.24, 2.45) is 46.3 Å². The summed E-state index contributed by atoms with van der Waals surface area (Å²) < 4.78 is 5.56. The van der Waals surface area contributed by atoms with Gasteiger partial charge in [0.2, 0.25) is 0 Å². The minimum Gasteiger partial charge on any atom is -0.463 e. The van der Waals surface area contributed by atoms with Crippen molar-refractivity contribution in [3.05, 3.63) is 12.7 Å². The fourth-order valence-corrected chi connectivity index (χ4v) is 8.67. The van der Waals surface area contributed by atoms with Gasteiger partial charge in [-0.25, -0.2) is 0 Å². The quantitative estimate of drug-likeness (QED) is 0.263. The van der Waals surface area contributed by atoms with Crippen molar-refractivity contribution in [1.82, 2.24) is 0 Å². The number of esters is 1. The normalized spacial score (nSPS) is 40.7. The monoisotopic (exact) mass is 444 g/mol. The van der Waals surface area contributed by atoms with E-state index in [1.54, 1.807) is 6.92 Å². The van der Waals surface area contributed by atoms with E-state index in [0.717, 1.165) is 48.3 Å². The number of hydrogen-bond acceptors (Lipinski definition) is 2. The molecule has 0 N–H and O–H groups in total. The molecule has 0 saturated heterocycles. The molecule has 3 fully saturated rings. The number of carbonyl (C=O) groups is 1. The van der Waals surface area contributed by atoms with Crippen molar-refractivity contribution < 1.29 is 9.53 Å². The van der Waals surface area contributed by atoms with Crippen molar-refractivity contribution in [3.8, 4) is 0 Å². The standard InChI is InChI=1S/C30H52O2/c1-8-10-25-27(29(6)18-15-24(16-19-29)32-23(5)31)17-20-30(7)26(13-14-28(25)30)22(4)12-9-11-21(2)3/h8,21-22,24-28H,1,9-20H2,2-7H3/t22-,24-,25-,26-,27+,28+,29-,30-/m1/s1. The molecule has 3 aliphatic rings. The third-order valence-corrected chi connectivity index (χ3v) is 10.4. The molecule has 3 aliphatic carbocycles. The van der Waals surface area contributed by atoms with E-state index >= 15 is 0 Å². The molecule has 0 radical (unpaired) electrons. The summed E-state index contributed by atoms with van der Waals surface area (Å²) >= 11 is 0. The zero-order valence-corrected chi connectivity index (χ0v) is 22.1. The van der Waals surface area contributed by atoms with Crippen molar-refractivity contribution in [2.45, 2.75) is 125 Å². The molecular weight excluding hydrogens is 392 g/mol. The molecule has 0 unspecified atom stereocenters. The Morgan fingerprint density at radius 2 is 1.69 bits per heavy atom. The molecule has 184 valence electrons. The van der Waals surface area contributed by atoms with Crippen LogP contribution >= 0.6 is 0 Å². The molecule has 2 heteroatoms. The second-order valence-corrected chi connectivity index (χ2v) is 12.9. The van der Waals surface area contributed by atoms with Gasteiger partial charge in [0.05, 0.1) is 0 Å². The van der Waals surface area contributed by atoms with Crippen LogP contribution in [0.15, 0.2) is 12.7 Å². The molecule has 0 bridgehead atoms. The first-order valence-corrected chi connectivity index (χ1v) is 13.9. The van der Waals surface area contributed by atoms with Crippen LogP contribution in [0.2, 0.25) is 0 Å². The Balaban J connectivity index is 1.70. The lowest BCUT2D eigenvalue weighted by atomic mass is 9.49. The van der Waals surface area contributed by atoms with Crippen LogP contribution in [-0.2, 0) is 9.53 Å². The number of fused-ring (bicyclic) bond motifs is 1. The van der Waals surface area contributed by atoms with Crippen LogP contribution in [0.5, 0.6) is 0 Å². The van der Waals surface area contributed by atoms with Gasteiger partial charge in [0.25, 0.3) is 0 Å². The SMILES string of the molecule is C=CC[C@H]1[C@@H]2CC[C@H]([C@H](C)CCCC(C)C)[C@@]2(C)CC[C@@H]1[C@]1(C)CC[C@@H](OC(C)=O)CC1. The van der Waals surface area contributed by atoms with Gasteiger partial charge in [-0.05, 0) is 104 Å². The highest BCUT2D eigenvalue weighted by molar-refractivity contribution is 5.66. The number of ether oxygens (including phenoxy) is 1. The van der Waals surface area contributed by atoms with Gasteiger partial charge in [0.15, 0.2) is 0 Å². The molecule has 6 atom stereocenters. The van der Waals surface area contributed by atoms with Gasteiger partial charge in [-0.2, -0.15) is 0 Å². The number of rotatable bonds is 9. The van der Waals surface area contributed by atoms with E-state index in [9.17, 15) is 4.79 Å². The Morgan fingerprint density at radius 3 is 2.28 bits per heavy atom. The Hall–Kier alpha value is -0.790. The van der Waals surface area contributed by atoms with Crippen LogP contribution < -0.4 is 0 Å². The molecule has 0 amide bonds. The number of hydrogen-bond donors (Lipinski definition) is 0. The first-order valence-electron chi connectivity index (χ1n) is 13.9. The van der Waals surface area contributed by atoms with Gasteiger partial charge < -0.3 is 4.74 Å². The summed E-state index contributed by atoms with van der Waals surface area (Å²) in [5, 5.41) is 0. The zero-order chi connectivity index (χ0) is 23.5. The average molecular weight is 445 g/mol. The van der Waals surface area contributed by atoms with Crippen molar-refractivity contribution in [3.63, 3.8) is 0 Å². The second-order valence-electron chi connectivity index (χ2n) is 12.9. The summed E-state index contributed by atoms with van der Waals surface area (Å²) in [6.07, 6.45) is 17.9. The molecule has 3 saturated carbocycles. The largest absolute Gasteiger partial charge is 0.463 e. The summed E-state index contributed by atoms with van der Waals surface area (Å²) in [6.45, 7) is 18.2. The van der Waals surface area contributed by atoms with Crippen LogP contribution in [0, 0.1) is 46.3 Å². The minimum atomic E-state index is -0.115. The Morgan fingerprint density at radius 1 is 1.00 bits per heavy atom. The lowest BCUT2D eigenvalue weighted by molar-refractivity contribution is -0.150. The lowest BCUT2D eigenvalue weighted by Crippen LogP contribution is -2.48. The van der Waals surface area contributed by atoms with Crippen molar-refractivity contribution in [2.75, 3.05) is 0 Å². The van der Waals surface area contributed by atoms with E-state index in [2.05, 4.69) is 47.3 Å². The molecule has 32 heavy (non-hydrogen) atoms. The van der Waals surface area contributed by atoms with Crippen LogP contribution in [0.1, 0.15) is 119 Å². The number of carbonyl (C=O) groups excluding carboxylic acids is 1. The first kappa shape index (κ1) is 25.8. The average Bonchev–Trinajstić information content (AvgIpc) is 3.07. The Labute approximate surface area is 199 Å². The molecule has 0 aliphatic heterocycles. The third kappa shape index (κ3) is 5.47. The highest BCUT2D eigenvalue weighted by Crippen LogP contribution is 2.65. The summed E-state index contributed by atoms with van der Waals surface area (Å²) in [7, 11) is 0. The number of allylic oxidation sites excluding steroid dienone is 1. The summed E-state index contributed by atoms with van der Waals surface area (Å²) in [5.41, 5.74) is 0.916. The van der Waals surface area contributed by atoms with Gasteiger partial charge in [-0.15, -0.1) is 6.58 Å². The summed E-state index contributed by atoms with van der Waals surface area (Å²) in [5.74, 6) is 4.93. The maximum Gasteiger partial charge on any atom is 0.302 e. The Bertz CT molecular complexity index is 629. The maximum absolute atomic E-state index is 11.4. The molecule has 0 heterocycles. The van der Waals surface area contributed by atoms with Gasteiger partial charge in [0, 0.05) is 6.92 Å². The predicted molar refractivity (Wildman–Crippen MR) is 135 cm³/mol. The van der Waals surface area contributed by atoms with E-state index in [1.807, 2.05) is 0 Å². The van der Waals surface area contributed by atoms with Gasteiger partial charge >= 0.3 is 5.97 Å². The van der Waals surface area contributed by atoms with Crippen LogP contribution in [0.25, 0.3) is 0 Å². The van der Waals surface area contributed by atoms with Gasteiger partial charge in [-0.3, -0.25) is 4.79 Å². The van der Waals surface area contributed by atoms with E-state index in [0.29, 0.717) is 10.8 Å². The predicted octanol–water partition coefficient (Wildman–Crippen LogP) is 8.60. The van der Waals surface area contributed by atoms with Crippen molar-refractivity contribution >= 4 is 5.97 Å². The van der Waals surface area contributed by atoms with E-state index in [1.165, 1.54) is 64.2 Å². The molecule has 0 aromatic rings. The van der Waals surface area contributed by atoms with Crippen LogP contribution in [0.4, 0.5) is 0 Å². The smallest absolute Gasteiger partial charge is 0.302 e. The molecule has 3 rings (SSSR count). The lowest BCUT2D eigenvalue weighted by Gasteiger charge is -2.56. The summed E-state index contributed by atoms with van der Waals surface area (Å²) in [6, 6.07) is 0. The Kier molecular flexibility index (Phi) is 8.59. The van der Waals surface area contributed by atoms with Crippen molar-refractivity contribution in [1.29, 1.82) is 0 Å². The molecule has 0 aromatic heterocycles. The molecule has 0 spiro atoms. The fraction of sp³-hybridized carbons (Fsp3) is 0.900. The fourth-order valence-electron chi connectivity index (χ4n) is 8.67. The second kappa shape index (κ2) is 10.6. The van der Waals surface area contributed by atoms with Crippen LogP contribution in [0.3, 0.4) is 0 Å². The minimum absolute atomic E-state index is 0.115.